The molecule has 3 heterocycles. The summed E-state index contributed by atoms with van der Waals surface area (Å²) in [5, 5.41) is 11.8. The summed E-state index contributed by atoms with van der Waals surface area (Å²) in [6, 6.07) is 3.45. The molecule has 25 heavy (non-hydrogen) atoms. The molecule has 1 unspecified atom stereocenters. The van der Waals surface area contributed by atoms with Crippen molar-refractivity contribution in [3.63, 3.8) is 0 Å². The zero-order chi connectivity index (χ0) is 17.9. The van der Waals surface area contributed by atoms with Gasteiger partial charge in [0.2, 0.25) is 11.0 Å². The highest BCUT2D eigenvalue weighted by molar-refractivity contribution is 8.01. The summed E-state index contributed by atoms with van der Waals surface area (Å²) in [6.07, 6.45) is 2.12. The van der Waals surface area contributed by atoms with Gasteiger partial charge in [0.15, 0.2) is 14.2 Å². The van der Waals surface area contributed by atoms with Crippen LogP contribution in [0.4, 0.5) is 5.13 Å². The van der Waals surface area contributed by atoms with E-state index in [9.17, 15) is 13.2 Å². The van der Waals surface area contributed by atoms with E-state index >= 15 is 0 Å². The number of carbonyl (C=O) groups is 1. The lowest BCUT2D eigenvalue weighted by Gasteiger charge is -2.22. The molecule has 8 nitrogen and oxygen atoms in total. The summed E-state index contributed by atoms with van der Waals surface area (Å²) < 4.78 is 29.0. The Kier molecular flexibility index (Phi) is 5.64. The number of thioether (sulfide) groups is 1. The highest BCUT2D eigenvalue weighted by atomic mass is 32.2. The predicted molar refractivity (Wildman–Crippen MR) is 96.5 cm³/mol. The number of nitrogens with one attached hydrogen (secondary N) is 1. The average Bonchev–Trinajstić information content (AvgIpc) is 3.30. The van der Waals surface area contributed by atoms with Crippen molar-refractivity contribution in [3.8, 4) is 0 Å². The lowest BCUT2D eigenvalue weighted by Crippen LogP contribution is -2.38. The summed E-state index contributed by atoms with van der Waals surface area (Å²) in [5.74, 6) is 1.11. The van der Waals surface area contributed by atoms with Crippen LogP contribution in [-0.2, 0) is 21.2 Å². The zero-order valence-corrected chi connectivity index (χ0v) is 16.0. The summed E-state index contributed by atoms with van der Waals surface area (Å²) in [4.78, 5) is 13.8. The van der Waals surface area contributed by atoms with Gasteiger partial charge in [-0.05, 0) is 18.6 Å². The van der Waals surface area contributed by atoms with Gasteiger partial charge in [-0.2, -0.15) is 0 Å². The van der Waals surface area contributed by atoms with Gasteiger partial charge < -0.3 is 14.6 Å². The van der Waals surface area contributed by atoms with Crippen molar-refractivity contribution in [3.05, 3.63) is 24.2 Å². The summed E-state index contributed by atoms with van der Waals surface area (Å²) in [6.45, 7) is 0.518. The van der Waals surface area contributed by atoms with E-state index in [0.29, 0.717) is 22.4 Å². The molecule has 1 atom stereocenters. The highest BCUT2D eigenvalue weighted by Crippen LogP contribution is 2.26. The second kappa shape index (κ2) is 7.75. The molecule has 1 aliphatic rings. The molecule has 1 aliphatic heterocycles. The number of hydrogen-bond donors (Lipinski definition) is 1. The molecule has 0 aromatic carbocycles. The standard InChI is InChI=1S/C14H18N4O4S3/c1-18(10-4-6-25(20,21)9-10)12(19)8-23-14-17-16-13(24-14)15-7-11-3-2-5-22-11/h2-3,5,10H,4,6-9H2,1H3,(H,15,16). The number of hydrogen-bond acceptors (Lipinski definition) is 9. The lowest BCUT2D eigenvalue weighted by molar-refractivity contribution is -0.128. The predicted octanol–water partition coefficient (Wildman–Crippen LogP) is 1.48. The first-order valence-electron chi connectivity index (χ1n) is 7.61. The number of amides is 1. The Labute approximate surface area is 153 Å². The maximum atomic E-state index is 12.2. The molecule has 1 fully saturated rings. The molecule has 2 aromatic rings. The van der Waals surface area contributed by atoms with Gasteiger partial charge in [-0.15, -0.1) is 10.2 Å². The molecular weight excluding hydrogens is 384 g/mol. The number of furan rings is 1. The van der Waals surface area contributed by atoms with E-state index in [1.807, 2.05) is 12.1 Å². The Balaban J connectivity index is 1.46. The van der Waals surface area contributed by atoms with Crippen LogP contribution in [0.15, 0.2) is 27.2 Å². The number of nitrogens with zero attached hydrogens (tertiary/aromatic N) is 3. The van der Waals surface area contributed by atoms with Crippen molar-refractivity contribution < 1.29 is 17.6 Å². The van der Waals surface area contributed by atoms with Gasteiger partial charge in [0.25, 0.3) is 0 Å². The van der Waals surface area contributed by atoms with E-state index in [1.165, 1.54) is 28.0 Å². The third kappa shape index (κ3) is 4.95. The van der Waals surface area contributed by atoms with Crippen LogP contribution in [0.2, 0.25) is 0 Å². The number of anilines is 1. The van der Waals surface area contributed by atoms with Crippen LogP contribution in [0.1, 0.15) is 12.2 Å². The van der Waals surface area contributed by atoms with Gasteiger partial charge in [0.1, 0.15) is 5.76 Å². The summed E-state index contributed by atoms with van der Waals surface area (Å²) in [5.41, 5.74) is 0. The third-order valence-electron chi connectivity index (χ3n) is 3.87. The minimum atomic E-state index is -3.00. The molecular formula is C14H18N4O4S3. The normalized spacial score (nSPS) is 19.0. The topological polar surface area (TPSA) is 105 Å². The van der Waals surface area contributed by atoms with Crippen molar-refractivity contribution in [2.24, 2.45) is 0 Å². The third-order valence-corrected chi connectivity index (χ3v) is 7.62. The van der Waals surface area contributed by atoms with Gasteiger partial charge in [0.05, 0.1) is 30.1 Å². The summed E-state index contributed by atoms with van der Waals surface area (Å²) in [7, 11) is -1.34. The number of rotatable bonds is 7. The fourth-order valence-corrected chi connectivity index (χ4v) is 5.87. The lowest BCUT2D eigenvalue weighted by atomic mass is 10.2. The van der Waals surface area contributed by atoms with E-state index in [2.05, 4.69) is 15.5 Å². The molecule has 0 saturated carbocycles. The molecule has 0 spiro atoms. The van der Waals surface area contributed by atoms with Crippen LogP contribution >= 0.6 is 23.1 Å². The number of aromatic nitrogens is 2. The van der Waals surface area contributed by atoms with Crippen molar-refractivity contribution in [2.45, 2.75) is 23.3 Å². The van der Waals surface area contributed by atoms with E-state index < -0.39 is 9.84 Å². The minimum absolute atomic E-state index is 0.0551. The van der Waals surface area contributed by atoms with Gasteiger partial charge in [-0.25, -0.2) is 8.42 Å². The van der Waals surface area contributed by atoms with Gasteiger partial charge in [0, 0.05) is 13.1 Å². The van der Waals surface area contributed by atoms with Crippen molar-refractivity contribution >= 4 is 44.0 Å². The molecule has 1 amide bonds. The number of carbonyl (C=O) groups excluding carboxylic acids is 1. The SMILES string of the molecule is CN(C(=O)CSc1nnc(NCc2ccco2)s1)C1CCS(=O)(=O)C1. The van der Waals surface area contributed by atoms with Crippen molar-refractivity contribution in [1.29, 1.82) is 0 Å². The highest BCUT2D eigenvalue weighted by Gasteiger charge is 2.32. The summed E-state index contributed by atoms with van der Waals surface area (Å²) >= 11 is 2.66. The molecule has 2 aromatic heterocycles. The van der Waals surface area contributed by atoms with E-state index in [1.54, 1.807) is 13.3 Å². The molecule has 11 heteroatoms. The Morgan fingerprint density at radius 1 is 1.52 bits per heavy atom. The second-order valence-electron chi connectivity index (χ2n) is 5.66. The first-order valence-corrected chi connectivity index (χ1v) is 11.2. The monoisotopic (exact) mass is 402 g/mol. The van der Waals surface area contributed by atoms with Crippen LogP contribution in [-0.4, -0.2) is 59.8 Å². The van der Waals surface area contributed by atoms with Gasteiger partial charge in [-0.3, -0.25) is 4.79 Å². The van der Waals surface area contributed by atoms with Crippen LogP contribution < -0.4 is 5.32 Å². The van der Waals surface area contributed by atoms with Gasteiger partial charge >= 0.3 is 0 Å². The second-order valence-corrected chi connectivity index (χ2v) is 10.1. The Bertz CT molecular complexity index is 819. The minimum Gasteiger partial charge on any atom is -0.467 e. The first kappa shape index (κ1) is 18.2. The quantitative estimate of drug-likeness (QED) is 0.694. The molecule has 0 aliphatic carbocycles. The van der Waals surface area contributed by atoms with E-state index in [4.69, 9.17) is 4.42 Å². The van der Waals surface area contributed by atoms with E-state index in [-0.39, 0.29) is 29.2 Å². The van der Waals surface area contributed by atoms with E-state index in [0.717, 1.165) is 5.76 Å². The van der Waals surface area contributed by atoms with Crippen LogP contribution in [0.25, 0.3) is 0 Å². The van der Waals surface area contributed by atoms with Crippen LogP contribution in [0.3, 0.4) is 0 Å². The van der Waals surface area contributed by atoms with Crippen LogP contribution in [0, 0.1) is 0 Å². The average molecular weight is 403 g/mol. The largest absolute Gasteiger partial charge is 0.467 e. The van der Waals surface area contributed by atoms with Gasteiger partial charge in [-0.1, -0.05) is 23.1 Å². The first-order chi connectivity index (χ1) is 11.9. The maximum Gasteiger partial charge on any atom is 0.233 e. The fourth-order valence-electron chi connectivity index (χ4n) is 2.43. The maximum absolute atomic E-state index is 12.2. The molecule has 3 rings (SSSR count). The molecule has 0 radical (unpaired) electrons. The fraction of sp³-hybridized carbons (Fsp3) is 0.500. The molecule has 1 N–H and O–H groups in total. The number of sulfone groups is 1. The molecule has 136 valence electrons. The Morgan fingerprint density at radius 3 is 3.04 bits per heavy atom. The zero-order valence-electron chi connectivity index (χ0n) is 13.5. The van der Waals surface area contributed by atoms with Crippen molar-refractivity contribution in [2.75, 3.05) is 29.6 Å². The van der Waals surface area contributed by atoms with Crippen molar-refractivity contribution in [1.82, 2.24) is 15.1 Å². The molecule has 0 bridgehead atoms. The Morgan fingerprint density at radius 2 is 2.36 bits per heavy atom. The van der Waals surface area contributed by atoms with Crippen LogP contribution in [0.5, 0.6) is 0 Å². The Hall–Kier alpha value is -1.59. The smallest absolute Gasteiger partial charge is 0.233 e. The molecule has 1 saturated heterocycles.